The summed E-state index contributed by atoms with van der Waals surface area (Å²) in [6.45, 7) is 0.910. The number of fused-ring (bicyclic) bond motifs is 2. The van der Waals surface area contributed by atoms with Crippen molar-refractivity contribution in [2.45, 2.75) is 57.4 Å². The van der Waals surface area contributed by atoms with Crippen molar-refractivity contribution in [3.63, 3.8) is 0 Å². The van der Waals surface area contributed by atoms with E-state index >= 15 is 0 Å². The summed E-state index contributed by atoms with van der Waals surface area (Å²) < 4.78 is 40.1. The second-order valence-electron chi connectivity index (χ2n) is 8.32. The molecule has 2 aromatic rings. The maximum Gasteiger partial charge on any atom is 0.334 e. The molecule has 3 aliphatic rings. The van der Waals surface area contributed by atoms with Crippen LogP contribution in [0, 0.1) is 0 Å². The number of aryl methyl sites for hydroxylation is 2. The first-order chi connectivity index (χ1) is 15.0. The number of rotatable bonds is 5. The Hall–Kier alpha value is -1.59. The standard InChI is InChI=1S/C21H26N4O5S.Na/c26-21(23-20-18-5-1-3-14(18)11-15-4-2-6-19(15)20)24-31(27,28)25(17-12-22-30-13-17)16-7-9-29-10-8-16;/h11-13,16H,1-10H2,(H2,23,24,26);. The summed E-state index contributed by atoms with van der Waals surface area (Å²) in [6, 6.07) is 1.18. The van der Waals surface area contributed by atoms with Crippen molar-refractivity contribution >= 4 is 57.2 Å². The van der Waals surface area contributed by atoms with Gasteiger partial charge in [-0.15, -0.1) is 0 Å². The maximum absolute atomic E-state index is 13.2. The largest absolute Gasteiger partial charge is 0.381 e. The first kappa shape index (κ1) is 23.6. The molecule has 5 rings (SSSR count). The van der Waals surface area contributed by atoms with E-state index in [1.54, 1.807) is 0 Å². The predicted molar refractivity (Wildman–Crippen MR) is 120 cm³/mol. The van der Waals surface area contributed by atoms with E-state index in [9.17, 15) is 13.2 Å². The number of anilines is 2. The number of carbonyl (C=O) groups excluding carboxylic acids is 1. The quantitative estimate of drug-likeness (QED) is 0.650. The Bertz CT molecular complexity index is 1050. The summed E-state index contributed by atoms with van der Waals surface area (Å²) in [5, 5.41) is 6.52. The fraction of sp³-hybridized carbons (Fsp3) is 0.524. The van der Waals surface area contributed by atoms with Crippen LogP contribution in [-0.4, -0.2) is 68.4 Å². The Morgan fingerprint density at radius 3 is 2.31 bits per heavy atom. The molecule has 2 aliphatic carbocycles. The molecule has 0 unspecified atom stereocenters. The summed E-state index contributed by atoms with van der Waals surface area (Å²) in [4.78, 5) is 12.9. The van der Waals surface area contributed by atoms with Gasteiger partial charge in [0.15, 0.2) is 0 Å². The SMILES string of the molecule is O=C(Nc1c2c(cc3c1CCC3)CCC2)NS(=O)(=O)N(c1cnoc1)C1CCOCC1.[Na]. The minimum Gasteiger partial charge on any atom is -0.381 e. The molecule has 2 amide bonds. The molecule has 1 saturated heterocycles. The van der Waals surface area contributed by atoms with Gasteiger partial charge in [0.2, 0.25) is 0 Å². The molecule has 1 aromatic heterocycles. The number of nitrogens with one attached hydrogen (secondary N) is 2. The van der Waals surface area contributed by atoms with Crippen molar-refractivity contribution in [2.24, 2.45) is 0 Å². The maximum atomic E-state index is 13.2. The number of aromatic nitrogens is 1. The summed E-state index contributed by atoms with van der Waals surface area (Å²) in [5.41, 5.74) is 5.92. The number of nitrogens with zero attached hydrogens (tertiary/aromatic N) is 2. The zero-order valence-electron chi connectivity index (χ0n) is 18.2. The smallest absolute Gasteiger partial charge is 0.334 e. The van der Waals surface area contributed by atoms with Crippen LogP contribution in [0.2, 0.25) is 0 Å². The van der Waals surface area contributed by atoms with E-state index in [4.69, 9.17) is 9.26 Å². The van der Waals surface area contributed by atoms with Gasteiger partial charge in [0.1, 0.15) is 12.0 Å². The summed E-state index contributed by atoms with van der Waals surface area (Å²) >= 11 is 0. The Labute approximate surface area is 209 Å². The van der Waals surface area contributed by atoms with E-state index < -0.39 is 16.2 Å². The van der Waals surface area contributed by atoms with Gasteiger partial charge in [-0.3, -0.25) is 0 Å². The molecule has 11 heteroatoms. The van der Waals surface area contributed by atoms with Gasteiger partial charge in [-0.1, -0.05) is 11.2 Å². The van der Waals surface area contributed by atoms with Gasteiger partial charge < -0.3 is 14.6 Å². The van der Waals surface area contributed by atoms with Crippen molar-refractivity contribution in [1.82, 2.24) is 9.88 Å². The third-order valence-corrected chi connectivity index (χ3v) is 7.86. The molecule has 9 nitrogen and oxygen atoms in total. The van der Waals surface area contributed by atoms with E-state index in [-0.39, 0.29) is 41.3 Å². The second kappa shape index (κ2) is 9.72. The molecule has 0 saturated carbocycles. The molecule has 0 bridgehead atoms. The van der Waals surface area contributed by atoms with Gasteiger partial charge >= 0.3 is 16.2 Å². The van der Waals surface area contributed by atoms with Crippen LogP contribution < -0.4 is 14.3 Å². The number of ether oxygens (including phenoxy) is 1. The molecule has 1 aliphatic heterocycles. The molecule has 1 radical (unpaired) electrons. The summed E-state index contributed by atoms with van der Waals surface area (Å²) in [6.07, 6.45) is 9.56. The molecule has 2 heterocycles. The topological polar surface area (TPSA) is 114 Å². The van der Waals surface area contributed by atoms with Crippen molar-refractivity contribution in [3.05, 3.63) is 40.8 Å². The van der Waals surface area contributed by atoms with E-state index in [2.05, 4.69) is 21.3 Å². The van der Waals surface area contributed by atoms with Crippen LogP contribution in [0.25, 0.3) is 0 Å². The normalized spacial score (nSPS) is 17.9. The average molecular weight is 470 g/mol. The third-order valence-electron chi connectivity index (χ3n) is 6.39. The van der Waals surface area contributed by atoms with Gasteiger partial charge in [-0.25, -0.2) is 13.8 Å². The number of hydrogen-bond donors (Lipinski definition) is 2. The fourth-order valence-corrected chi connectivity index (χ4v) is 6.40. The van der Waals surface area contributed by atoms with E-state index in [0.717, 1.165) is 55.3 Å². The zero-order chi connectivity index (χ0) is 21.4. The van der Waals surface area contributed by atoms with Crippen LogP contribution >= 0.6 is 0 Å². The fourth-order valence-electron chi connectivity index (χ4n) is 5.05. The first-order valence-electron chi connectivity index (χ1n) is 10.8. The van der Waals surface area contributed by atoms with Crippen LogP contribution in [0.15, 0.2) is 23.0 Å². The molecular weight excluding hydrogens is 443 g/mol. The minimum atomic E-state index is -4.18. The van der Waals surface area contributed by atoms with Crippen molar-refractivity contribution in [1.29, 1.82) is 0 Å². The summed E-state index contributed by atoms with van der Waals surface area (Å²) in [7, 11) is -4.18. The molecule has 1 aromatic carbocycles. The molecular formula is C21H26N4NaO5S. The predicted octanol–water partition coefficient (Wildman–Crippen LogP) is 2.32. The Kier molecular flexibility index (Phi) is 7.16. The monoisotopic (exact) mass is 469 g/mol. The number of hydrogen-bond acceptors (Lipinski definition) is 6. The van der Waals surface area contributed by atoms with Gasteiger partial charge in [0.25, 0.3) is 0 Å². The van der Waals surface area contributed by atoms with Crippen LogP contribution in [0.4, 0.5) is 16.2 Å². The van der Waals surface area contributed by atoms with Crippen molar-refractivity contribution < 1.29 is 22.5 Å². The van der Waals surface area contributed by atoms with Gasteiger partial charge in [0, 0.05) is 48.5 Å². The first-order valence-corrected chi connectivity index (χ1v) is 12.2. The van der Waals surface area contributed by atoms with E-state index in [1.165, 1.54) is 27.9 Å². The molecule has 2 N–H and O–H groups in total. The number of urea groups is 1. The average Bonchev–Trinajstić information content (AvgIpc) is 3.50. The number of carbonyl (C=O) groups is 1. The molecule has 0 atom stereocenters. The zero-order valence-corrected chi connectivity index (χ0v) is 21.0. The minimum absolute atomic E-state index is 0. The Balaban J connectivity index is 0.00000245. The van der Waals surface area contributed by atoms with Crippen LogP contribution in [0.1, 0.15) is 47.9 Å². The Morgan fingerprint density at radius 1 is 1.06 bits per heavy atom. The van der Waals surface area contributed by atoms with E-state index in [1.807, 2.05) is 0 Å². The van der Waals surface area contributed by atoms with Gasteiger partial charge in [0.05, 0.1) is 12.2 Å². The van der Waals surface area contributed by atoms with E-state index in [0.29, 0.717) is 26.1 Å². The van der Waals surface area contributed by atoms with Gasteiger partial charge in [-0.05, 0) is 73.6 Å². The van der Waals surface area contributed by atoms with Crippen LogP contribution in [0.5, 0.6) is 0 Å². The van der Waals surface area contributed by atoms with Crippen molar-refractivity contribution in [2.75, 3.05) is 22.8 Å². The molecule has 1 fully saturated rings. The van der Waals surface area contributed by atoms with Crippen LogP contribution in [-0.2, 0) is 40.6 Å². The Morgan fingerprint density at radius 2 is 1.72 bits per heavy atom. The second-order valence-corrected chi connectivity index (χ2v) is 9.86. The number of amides is 2. The molecule has 167 valence electrons. The third kappa shape index (κ3) is 4.56. The number of benzene rings is 1. The summed E-state index contributed by atoms with van der Waals surface area (Å²) in [5.74, 6) is 0. The van der Waals surface area contributed by atoms with Gasteiger partial charge in [-0.2, -0.15) is 8.42 Å². The van der Waals surface area contributed by atoms with Crippen molar-refractivity contribution in [3.8, 4) is 0 Å². The van der Waals surface area contributed by atoms with Crippen LogP contribution in [0.3, 0.4) is 0 Å². The molecule has 0 spiro atoms. The molecule has 32 heavy (non-hydrogen) atoms.